The monoisotopic (exact) mass is 362 g/mol. The zero-order valence-corrected chi connectivity index (χ0v) is 14.7. The number of fused-ring (bicyclic) bond motifs is 2. The minimum atomic E-state index is -1.04. The molecule has 1 aliphatic rings. The topological polar surface area (TPSA) is 89.3 Å². The van der Waals surface area contributed by atoms with Crippen LogP contribution in [0.1, 0.15) is 41.2 Å². The molecular formula is C17H15ClN2O3S. The van der Waals surface area contributed by atoms with Gasteiger partial charge in [0.05, 0.1) is 11.4 Å². The van der Waals surface area contributed by atoms with Crippen molar-refractivity contribution in [3.05, 3.63) is 33.5 Å². The number of nitrogens with zero attached hydrogens (tertiary/aromatic N) is 1. The van der Waals surface area contributed by atoms with Gasteiger partial charge in [-0.15, -0.1) is 11.3 Å². The Kier molecular flexibility index (Phi) is 3.21. The Bertz CT molecular complexity index is 1000. The Morgan fingerprint density at radius 3 is 2.83 bits per heavy atom. The van der Waals surface area contributed by atoms with Crippen molar-refractivity contribution in [2.75, 3.05) is 5.73 Å². The number of hydrogen-bond acceptors (Lipinski definition) is 5. The summed E-state index contributed by atoms with van der Waals surface area (Å²) >= 11 is 7.06. The number of nitrogens with two attached hydrogens (primary N) is 1. The Labute approximate surface area is 147 Å². The molecule has 3 N–H and O–H groups in total. The third-order valence-electron chi connectivity index (χ3n) is 4.63. The number of aromatic carboxylic acids is 1. The fourth-order valence-electron chi connectivity index (χ4n) is 3.43. The number of thiophene rings is 1. The molecule has 0 amide bonds. The maximum absolute atomic E-state index is 11.5. The SMILES string of the molecule is CC1(C)CCc2c1nc1sc(C(=O)O)c(N)c1c2-c1ccc(Cl)o1. The van der Waals surface area contributed by atoms with Crippen molar-refractivity contribution in [2.24, 2.45) is 0 Å². The van der Waals surface area contributed by atoms with Gasteiger partial charge in [0.1, 0.15) is 15.5 Å². The van der Waals surface area contributed by atoms with Crippen LogP contribution in [-0.2, 0) is 11.8 Å². The fourth-order valence-corrected chi connectivity index (χ4v) is 4.52. The molecule has 0 saturated heterocycles. The van der Waals surface area contributed by atoms with E-state index in [4.69, 9.17) is 26.7 Å². The summed E-state index contributed by atoms with van der Waals surface area (Å²) < 4.78 is 5.64. The quantitative estimate of drug-likeness (QED) is 0.688. The van der Waals surface area contributed by atoms with Crippen LogP contribution >= 0.6 is 22.9 Å². The fraction of sp³-hybridized carbons (Fsp3) is 0.294. The van der Waals surface area contributed by atoms with Crippen molar-refractivity contribution in [2.45, 2.75) is 32.1 Å². The highest BCUT2D eigenvalue weighted by Crippen LogP contribution is 2.48. The predicted molar refractivity (Wildman–Crippen MR) is 95.1 cm³/mol. The van der Waals surface area contributed by atoms with Crippen molar-refractivity contribution in [3.63, 3.8) is 0 Å². The molecule has 124 valence electrons. The van der Waals surface area contributed by atoms with Gasteiger partial charge in [-0.3, -0.25) is 0 Å². The lowest BCUT2D eigenvalue weighted by molar-refractivity contribution is 0.0703. The van der Waals surface area contributed by atoms with Crippen LogP contribution in [0.25, 0.3) is 21.5 Å². The molecule has 0 saturated carbocycles. The van der Waals surface area contributed by atoms with Gasteiger partial charge in [0.2, 0.25) is 0 Å². The van der Waals surface area contributed by atoms with Gasteiger partial charge in [0.15, 0.2) is 5.22 Å². The number of carboxylic acids is 1. The Morgan fingerprint density at radius 1 is 1.46 bits per heavy atom. The summed E-state index contributed by atoms with van der Waals surface area (Å²) in [6.07, 6.45) is 1.82. The van der Waals surface area contributed by atoms with E-state index in [1.54, 1.807) is 12.1 Å². The Morgan fingerprint density at radius 2 is 2.21 bits per heavy atom. The molecule has 4 rings (SSSR count). The summed E-state index contributed by atoms with van der Waals surface area (Å²) in [6, 6.07) is 3.47. The van der Waals surface area contributed by atoms with Gasteiger partial charge in [0, 0.05) is 16.4 Å². The van der Waals surface area contributed by atoms with Gasteiger partial charge >= 0.3 is 5.97 Å². The number of halogens is 1. The maximum atomic E-state index is 11.5. The van der Waals surface area contributed by atoms with Crippen LogP contribution in [0.15, 0.2) is 16.5 Å². The first-order valence-electron chi connectivity index (χ1n) is 7.54. The highest BCUT2D eigenvalue weighted by Gasteiger charge is 2.36. The number of nitrogen functional groups attached to an aromatic ring is 1. The molecule has 0 aromatic carbocycles. The molecule has 0 bridgehead atoms. The predicted octanol–water partition coefficient (Wildman–Crippen LogP) is 4.71. The van der Waals surface area contributed by atoms with E-state index in [1.807, 2.05) is 0 Å². The molecule has 0 fully saturated rings. The first-order valence-corrected chi connectivity index (χ1v) is 8.73. The number of pyridine rings is 1. The van der Waals surface area contributed by atoms with Gasteiger partial charge in [0.25, 0.3) is 0 Å². The number of furan rings is 1. The average Bonchev–Trinajstić information content (AvgIpc) is 3.16. The van der Waals surface area contributed by atoms with Crippen LogP contribution in [0.4, 0.5) is 5.69 Å². The van der Waals surface area contributed by atoms with E-state index < -0.39 is 5.97 Å². The largest absolute Gasteiger partial charge is 0.477 e. The van der Waals surface area contributed by atoms with Crippen LogP contribution in [0.5, 0.6) is 0 Å². The van der Waals surface area contributed by atoms with Crippen LogP contribution in [0.2, 0.25) is 5.22 Å². The minimum Gasteiger partial charge on any atom is -0.477 e. The maximum Gasteiger partial charge on any atom is 0.348 e. The summed E-state index contributed by atoms with van der Waals surface area (Å²) in [6.45, 7) is 4.29. The van der Waals surface area contributed by atoms with Crippen molar-refractivity contribution in [1.82, 2.24) is 4.98 Å². The molecule has 7 heteroatoms. The number of aromatic nitrogens is 1. The average molecular weight is 363 g/mol. The highest BCUT2D eigenvalue weighted by atomic mass is 35.5. The van der Waals surface area contributed by atoms with Crippen LogP contribution in [0.3, 0.4) is 0 Å². The number of rotatable bonds is 2. The van der Waals surface area contributed by atoms with Gasteiger partial charge in [-0.25, -0.2) is 9.78 Å². The summed E-state index contributed by atoms with van der Waals surface area (Å²) in [5, 5.41) is 10.3. The first kappa shape index (κ1) is 15.5. The second kappa shape index (κ2) is 4.97. The molecule has 0 radical (unpaired) electrons. The lowest BCUT2D eigenvalue weighted by Crippen LogP contribution is -2.14. The second-order valence-corrected chi connectivity index (χ2v) is 8.00. The van der Waals surface area contributed by atoms with E-state index >= 15 is 0 Å². The van der Waals surface area contributed by atoms with E-state index in [1.165, 1.54) is 0 Å². The summed E-state index contributed by atoms with van der Waals surface area (Å²) in [5.41, 5.74) is 9.21. The number of carbonyl (C=O) groups is 1. The highest BCUT2D eigenvalue weighted by molar-refractivity contribution is 7.21. The molecule has 0 spiro atoms. The molecule has 3 aromatic heterocycles. The third kappa shape index (κ3) is 2.06. The number of anilines is 1. The summed E-state index contributed by atoms with van der Waals surface area (Å²) in [7, 11) is 0. The normalized spacial score (nSPS) is 15.8. The van der Waals surface area contributed by atoms with E-state index in [-0.39, 0.29) is 21.2 Å². The molecule has 5 nitrogen and oxygen atoms in total. The van der Waals surface area contributed by atoms with Gasteiger partial charge < -0.3 is 15.3 Å². The van der Waals surface area contributed by atoms with Crippen LogP contribution in [0, 0.1) is 0 Å². The standard InChI is InChI=1S/C17H15ClN2O3S/c1-17(2)6-5-7-10(8-3-4-9(18)23-8)11-12(19)13(16(21)22)24-15(11)20-14(7)17/h3-4H,5-6,19H2,1-2H3,(H,21,22). The second-order valence-electron chi connectivity index (χ2n) is 6.63. The molecular weight excluding hydrogens is 348 g/mol. The van der Waals surface area contributed by atoms with E-state index in [0.29, 0.717) is 16.0 Å². The van der Waals surface area contributed by atoms with Gasteiger partial charge in [-0.1, -0.05) is 13.8 Å². The van der Waals surface area contributed by atoms with Crippen molar-refractivity contribution >= 4 is 44.8 Å². The number of carboxylic acid groups (broad SMARTS) is 1. The molecule has 1 aliphatic carbocycles. The van der Waals surface area contributed by atoms with E-state index in [0.717, 1.165) is 41.0 Å². The van der Waals surface area contributed by atoms with E-state index in [9.17, 15) is 9.90 Å². The van der Waals surface area contributed by atoms with Crippen LogP contribution < -0.4 is 5.73 Å². The van der Waals surface area contributed by atoms with Crippen molar-refractivity contribution in [1.29, 1.82) is 0 Å². The lowest BCUT2D eigenvalue weighted by Gasteiger charge is -2.18. The molecule has 0 aliphatic heterocycles. The smallest absolute Gasteiger partial charge is 0.348 e. The van der Waals surface area contributed by atoms with Gasteiger partial charge in [-0.05, 0) is 42.1 Å². The molecule has 24 heavy (non-hydrogen) atoms. The summed E-state index contributed by atoms with van der Waals surface area (Å²) in [5.74, 6) is -0.443. The molecule has 3 heterocycles. The van der Waals surface area contributed by atoms with Crippen molar-refractivity contribution < 1.29 is 14.3 Å². The zero-order chi connectivity index (χ0) is 17.2. The first-order chi connectivity index (χ1) is 11.3. The molecule has 0 unspecified atom stereocenters. The Hall–Kier alpha value is -2.05. The van der Waals surface area contributed by atoms with Gasteiger partial charge in [-0.2, -0.15) is 0 Å². The minimum absolute atomic E-state index is 0.0726. The van der Waals surface area contributed by atoms with E-state index in [2.05, 4.69) is 13.8 Å². The Balaban J connectivity index is 2.16. The number of hydrogen-bond donors (Lipinski definition) is 2. The lowest BCUT2D eigenvalue weighted by atomic mass is 9.89. The van der Waals surface area contributed by atoms with Crippen molar-refractivity contribution in [3.8, 4) is 11.3 Å². The molecule has 3 aromatic rings. The zero-order valence-electron chi connectivity index (χ0n) is 13.1. The summed E-state index contributed by atoms with van der Waals surface area (Å²) in [4.78, 5) is 17.0. The third-order valence-corrected chi connectivity index (χ3v) is 5.92. The molecule has 0 atom stereocenters. The van der Waals surface area contributed by atoms with Crippen LogP contribution in [-0.4, -0.2) is 16.1 Å².